The smallest absolute Gasteiger partial charge is 0.209 e. The average molecular weight is 268 g/mol. The third-order valence-electron chi connectivity index (χ3n) is 2.38. The third kappa shape index (κ3) is 3.26. The zero-order valence-electron chi connectivity index (χ0n) is 10.4. The van der Waals surface area contributed by atoms with Gasteiger partial charge in [-0.05, 0) is 17.0 Å². The summed E-state index contributed by atoms with van der Waals surface area (Å²) < 4.78 is 3.55. The van der Waals surface area contributed by atoms with Gasteiger partial charge >= 0.3 is 0 Å². The Balaban J connectivity index is 1.89. The van der Waals surface area contributed by atoms with Gasteiger partial charge in [0, 0.05) is 13.6 Å². The van der Waals surface area contributed by atoms with Crippen molar-refractivity contribution in [2.75, 3.05) is 13.1 Å². The highest BCUT2D eigenvalue weighted by atomic mass is 32.2. The standard InChI is InChI=1S/C9H16N8S/c1-3-10-4-5-17-9(13-14-15-17)18-6-8-11-7-12-16(8)2/h7,10H,3-6H2,1-2H3. The van der Waals surface area contributed by atoms with Gasteiger partial charge in [-0.2, -0.15) is 5.10 Å². The lowest BCUT2D eigenvalue weighted by Crippen LogP contribution is -2.20. The van der Waals surface area contributed by atoms with Crippen molar-refractivity contribution in [1.82, 2.24) is 40.3 Å². The molecule has 0 radical (unpaired) electrons. The highest BCUT2D eigenvalue weighted by molar-refractivity contribution is 7.98. The molecular formula is C9H16N8S. The lowest BCUT2D eigenvalue weighted by atomic mass is 10.6. The van der Waals surface area contributed by atoms with Crippen LogP contribution in [0.3, 0.4) is 0 Å². The Morgan fingerprint density at radius 1 is 1.44 bits per heavy atom. The Morgan fingerprint density at radius 2 is 2.33 bits per heavy atom. The number of likely N-dealkylation sites (N-methyl/N-ethyl adjacent to an activating group) is 1. The van der Waals surface area contributed by atoms with Crippen molar-refractivity contribution in [2.24, 2.45) is 7.05 Å². The van der Waals surface area contributed by atoms with Crippen LogP contribution in [0.2, 0.25) is 0 Å². The van der Waals surface area contributed by atoms with E-state index in [4.69, 9.17) is 0 Å². The van der Waals surface area contributed by atoms with Crippen LogP contribution in [0, 0.1) is 0 Å². The van der Waals surface area contributed by atoms with Crippen LogP contribution in [0.5, 0.6) is 0 Å². The van der Waals surface area contributed by atoms with E-state index in [1.165, 1.54) is 0 Å². The minimum absolute atomic E-state index is 0.706. The summed E-state index contributed by atoms with van der Waals surface area (Å²) >= 11 is 1.56. The molecular weight excluding hydrogens is 252 g/mol. The monoisotopic (exact) mass is 268 g/mol. The van der Waals surface area contributed by atoms with E-state index < -0.39 is 0 Å². The van der Waals surface area contributed by atoms with E-state index in [0.717, 1.165) is 30.6 Å². The summed E-state index contributed by atoms with van der Waals surface area (Å²) in [5.74, 6) is 1.61. The molecule has 2 heterocycles. The van der Waals surface area contributed by atoms with Gasteiger partial charge in [0.15, 0.2) is 0 Å². The molecule has 0 aromatic carbocycles. The molecule has 0 bridgehead atoms. The second-order valence-electron chi connectivity index (χ2n) is 3.63. The SMILES string of the molecule is CCNCCn1nnnc1SCc1ncnn1C. The van der Waals surface area contributed by atoms with Crippen LogP contribution in [0.4, 0.5) is 0 Å². The molecule has 0 aliphatic heterocycles. The maximum Gasteiger partial charge on any atom is 0.209 e. The highest BCUT2D eigenvalue weighted by Crippen LogP contribution is 2.17. The zero-order chi connectivity index (χ0) is 12.8. The first-order chi connectivity index (χ1) is 8.81. The van der Waals surface area contributed by atoms with E-state index in [0.29, 0.717) is 5.75 Å². The van der Waals surface area contributed by atoms with Crippen molar-refractivity contribution in [3.63, 3.8) is 0 Å². The normalized spacial score (nSPS) is 11.0. The predicted octanol–water partition coefficient (Wildman–Crippen LogP) is -0.297. The second kappa shape index (κ2) is 6.45. The molecule has 0 saturated heterocycles. The van der Waals surface area contributed by atoms with Gasteiger partial charge in [-0.1, -0.05) is 18.7 Å². The van der Waals surface area contributed by atoms with Crippen molar-refractivity contribution in [3.05, 3.63) is 12.2 Å². The first kappa shape index (κ1) is 13.0. The molecule has 2 aromatic rings. The Labute approximate surface area is 109 Å². The fourth-order valence-electron chi connectivity index (χ4n) is 1.38. The van der Waals surface area contributed by atoms with Crippen LogP contribution in [0.25, 0.3) is 0 Å². The lowest BCUT2D eigenvalue weighted by molar-refractivity contribution is 0.517. The maximum atomic E-state index is 4.16. The van der Waals surface area contributed by atoms with E-state index >= 15 is 0 Å². The number of hydrogen-bond acceptors (Lipinski definition) is 7. The summed E-state index contributed by atoms with van der Waals surface area (Å²) in [6.45, 7) is 4.65. The second-order valence-corrected chi connectivity index (χ2v) is 4.57. The molecule has 0 aliphatic rings. The van der Waals surface area contributed by atoms with E-state index in [1.807, 2.05) is 7.05 Å². The fraction of sp³-hybridized carbons (Fsp3) is 0.667. The third-order valence-corrected chi connectivity index (χ3v) is 3.34. The molecule has 1 N–H and O–H groups in total. The summed E-state index contributed by atoms with van der Waals surface area (Å²) in [7, 11) is 1.87. The molecule has 0 unspecified atom stereocenters. The molecule has 8 nitrogen and oxygen atoms in total. The number of nitrogens with one attached hydrogen (secondary N) is 1. The number of nitrogens with zero attached hydrogens (tertiary/aromatic N) is 7. The fourth-order valence-corrected chi connectivity index (χ4v) is 2.27. The summed E-state index contributed by atoms with van der Waals surface area (Å²) in [5.41, 5.74) is 0. The van der Waals surface area contributed by atoms with Crippen molar-refractivity contribution in [3.8, 4) is 0 Å². The molecule has 0 amide bonds. The molecule has 0 saturated carbocycles. The molecule has 9 heteroatoms. The molecule has 0 fully saturated rings. The molecule has 0 aliphatic carbocycles. The summed E-state index contributed by atoms with van der Waals surface area (Å²) in [5, 5.41) is 19.7. The van der Waals surface area contributed by atoms with Crippen LogP contribution in [-0.4, -0.2) is 48.1 Å². The van der Waals surface area contributed by atoms with Crippen molar-refractivity contribution < 1.29 is 0 Å². The van der Waals surface area contributed by atoms with Crippen LogP contribution in [0.1, 0.15) is 12.7 Å². The first-order valence-corrected chi connectivity index (χ1v) is 6.72. The molecule has 0 spiro atoms. The number of tetrazole rings is 1. The van der Waals surface area contributed by atoms with Crippen molar-refractivity contribution in [2.45, 2.75) is 24.4 Å². The van der Waals surface area contributed by atoms with Gasteiger partial charge in [-0.3, -0.25) is 4.68 Å². The van der Waals surface area contributed by atoms with E-state index in [-0.39, 0.29) is 0 Å². The van der Waals surface area contributed by atoms with Gasteiger partial charge in [0.05, 0.1) is 12.3 Å². The van der Waals surface area contributed by atoms with E-state index in [1.54, 1.807) is 27.5 Å². The number of thioether (sulfide) groups is 1. The summed E-state index contributed by atoms with van der Waals surface area (Å²) in [6.07, 6.45) is 1.55. The number of rotatable bonds is 7. The Kier molecular flexibility index (Phi) is 4.65. The van der Waals surface area contributed by atoms with Crippen LogP contribution in [0.15, 0.2) is 11.5 Å². The Bertz CT molecular complexity index is 478. The van der Waals surface area contributed by atoms with Gasteiger partial charge in [0.1, 0.15) is 12.2 Å². The molecule has 2 rings (SSSR count). The Hall–Kier alpha value is -1.48. The predicted molar refractivity (Wildman–Crippen MR) is 66.9 cm³/mol. The minimum atomic E-state index is 0.706. The molecule has 0 atom stereocenters. The summed E-state index contributed by atoms with van der Waals surface area (Å²) in [4.78, 5) is 4.16. The number of hydrogen-bond donors (Lipinski definition) is 1. The summed E-state index contributed by atoms with van der Waals surface area (Å²) in [6, 6.07) is 0. The minimum Gasteiger partial charge on any atom is -0.315 e. The van der Waals surface area contributed by atoms with Crippen LogP contribution < -0.4 is 5.32 Å². The largest absolute Gasteiger partial charge is 0.315 e. The van der Waals surface area contributed by atoms with Gasteiger partial charge < -0.3 is 5.32 Å². The van der Waals surface area contributed by atoms with Gasteiger partial charge in [0.2, 0.25) is 5.16 Å². The van der Waals surface area contributed by atoms with Gasteiger partial charge in [-0.15, -0.1) is 5.10 Å². The van der Waals surface area contributed by atoms with E-state index in [9.17, 15) is 0 Å². The zero-order valence-corrected chi connectivity index (χ0v) is 11.3. The van der Waals surface area contributed by atoms with Crippen LogP contribution >= 0.6 is 11.8 Å². The maximum absolute atomic E-state index is 4.16. The first-order valence-electron chi connectivity index (χ1n) is 5.73. The quantitative estimate of drug-likeness (QED) is 0.545. The van der Waals surface area contributed by atoms with Gasteiger partial charge in [-0.25, -0.2) is 9.67 Å². The lowest BCUT2D eigenvalue weighted by Gasteiger charge is -2.04. The number of aromatic nitrogens is 7. The topological polar surface area (TPSA) is 86.3 Å². The van der Waals surface area contributed by atoms with Crippen LogP contribution in [-0.2, 0) is 19.3 Å². The molecule has 98 valence electrons. The van der Waals surface area contributed by atoms with Crippen molar-refractivity contribution in [1.29, 1.82) is 0 Å². The molecule has 2 aromatic heterocycles. The number of aryl methyl sites for hydroxylation is 1. The van der Waals surface area contributed by atoms with E-state index in [2.05, 4.69) is 37.8 Å². The average Bonchev–Trinajstić information content (AvgIpc) is 2.96. The van der Waals surface area contributed by atoms with Gasteiger partial charge in [0.25, 0.3) is 0 Å². The van der Waals surface area contributed by atoms with Crippen molar-refractivity contribution >= 4 is 11.8 Å². The highest BCUT2D eigenvalue weighted by Gasteiger charge is 2.08. The molecule has 18 heavy (non-hydrogen) atoms. The Morgan fingerprint density at radius 3 is 3.06 bits per heavy atom.